The highest BCUT2D eigenvalue weighted by Gasteiger charge is 2.17. The number of rotatable bonds is 4. The van der Waals surface area contributed by atoms with E-state index >= 15 is 0 Å². The molecule has 0 radical (unpaired) electrons. The number of hydrogen-bond donors (Lipinski definition) is 4. The zero-order valence-corrected chi connectivity index (χ0v) is 14.0. The number of anilines is 1. The molecule has 128 valence electrons. The first kappa shape index (κ1) is 16.6. The molecule has 3 aromatic rings. The lowest BCUT2D eigenvalue weighted by atomic mass is 9.96. The van der Waals surface area contributed by atoms with E-state index in [-0.39, 0.29) is 17.4 Å². The number of aromatic amines is 2. The summed E-state index contributed by atoms with van der Waals surface area (Å²) in [6.45, 7) is 4.72. The number of amides is 1. The van der Waals surface area contributed by atoms with Crippen molar-refractivity contribution in [1.82, 2.24) is 20.2 Å². The first-order valence-corrected chi connectivity index (χ1v) is 7.60. The van der Waals surface area contributed by atoms with Gasteiger partial charge in [0.1, 0.15) is 11.6 Å². The monoisotopic (exact) mass is 340 g/mol. The summed E-state index contributed by atoms with van der Waals surface area (Å²) in [4.78, 5) is 18.1. The van der Waals surface area contributed by atoms with Gasteiger partial charge >= 0.3 is 0 Å². The second-order valence-corrected chi connectivity index (χ2v) is 5.70. The highest BCUT2D eigenvalue weighted by molar-refractivity contribution is 6.17. The van der Waals surface area contributed by atoms with E-state index in [9.17, 15) is 9.18 Å². The van der Waals surface area contributed by atoms with Crippen LogP contribution in [-0.4, -0.2) is 31.8 Å². The van der Waals surface area contributed by atoms with Gasteiger partial charge in [0.05, 0.1) is 17.4 Å². The molecular formula is C17H17FN6O. The molecule has 0 atom stereocenters. The summed E-state index contributed by atoms with van der Waals surface area (Å²) in [5, 5.41) is 18.3. The number of carbonyl (C=O) groups is 1. The number of halogens is 1. The van der Waals surface area contributed by atoms with E-state index in [1.54, 1.807) is 32.3 Å². The predicted octanol–water partition coefficient (Wildman–Crippen LogP) is 3.08. The average Bonchev–Trinajstić information content (AvgIpc) is 3.20. The Balaban J connectivity index is 1.94. The predicted molar refractivity (Wildman–Crippen MR) is 94.3 cm³/mol. The van der Waals surface area contributed by atoms with Crippen LogP contribution in [0.4, 0.5) is 10.2 Å². The van der Waals surface area contributed by atoms with Crippen LogP contribution in [0.25, 0.3) is 17.0 Å². The van der Waals surface area contributed by atoms with E-state index in [2.05, 4.69) is 25.5 Å². The van der Waals surface area contributed by atoms with Gasteiger partial charge in [0.15, 0.2) is 5.82 Å². The number of carbonyl (C=O) groups excluding carboxylic acids is 1. The van der Waals surface area contributed by atoms with Gasteiger partial charge in [0.2, 0.25) is 5.91 Å². The SMILES string of the molecule is CC(=O)Nc1c[nH]c(/C=C\C(=N)c2c(C)c(F)c(C)c3[nH]ncc23)n1. The Bertz CT molecular complexity index is 1010. The van der Waals surface area contributed by atoms with Gasteiger partial charge in [-0.3, -0.25) is 9.89 Å². The average molecular weight is 340 g/mol. The van der Waals surface area contributed by atoms with Crippen LogP contribution < -0.4 is 5.32 Å². The Morgan fingerprint density at radius 3 is 2.84 bits per heavy atom. The van der Waals surface area contributed by atoms with Crippen LogP contribution >= 0.6 is 0 Å². The fraction of sp³-hybridized carbons (Fsp3) is 0.176. The summed E-state index contributed by atoms with van der Waals surface area (Å²) in [6, 6.07) is 0. The zero-order valence-electron chi connectivity index (χ0n) is 14.0. The third-order valence-corrected chi connectivity index (χ3v) is 3.90. The normalized spacial score (nSPS) is 11.4. The van der Waals surface area contributed by atoms with Crippen molar-refractivity contribution in [3.63, 3.8) is 0 Å². The lowest BCUT2D eigenvalue weighted by Gasteiger charge is -2.10. The highest BCUT2D eigenvalue weighted by atomic mass is 19.1. The molecule has 2 heterocycles. The van der Waals surface area contributed by atoms with Gasteiger partial charge in [0, 0.05) is 29.6 Å². The maximum Gasteiger partial charge on any atom is 0.222 e. The number of benzene rings is 1. The van der Waals surface area contributed by atoms with E-state index in [0.717, 1.165) is 0 Å². The Kier molecular flexibility index (Phi) is 4.18. The quantitative estimate of drug-likeness (QED) is 0.548. The van der Waals surface area contributed by atoms with Crippen molar-refractivity contribution < 1.29 is 9.18 Å². The molecule has 3 rings (SSSR count). The number of fused-ring (bicyclic) bond motifs is 1. The maximum atomic E-state index is 14.4. The van der Waals surface area contributed by atoms with Crippen molar-refractivity contribution in [2.75, 3.05) is 5.32 Å². The molecule has 2 aromatic heterocycles. The minimum Gasteiger partial charge on any atom is -0.343 e. The number of imidazole rings is 1. The molecule has 0 aliphatic heterocycles. The van der Waals surface area contributed by atoms with Crippen molar-refractivity contribution in [2.24, 2.45) is 0 Å². The topological polar surface area (TPSA) is 110 Å². The molecule has 0 spiro atoms. The van der Waals surface area contributed by atoms with Crippen LogP contribution in [0.2, 0.25) is 0 Å². The van der Waals surface area contributed by atoms with Gasteiger partial charge in [-0.1, -0.05) is 0 Å². The molecule has 4 N–H and O–H groups in total. The number of allylic oxidation sites excluding steroid dienone is 1. The Morgan fingerprint density at radius 1 is 1.36 bits per heavy atom. The fourth-order valence-corrected chi connectivity index (χ4v) is 2.72. The van der Waals surface area contributed by atoms with E-state index in [1.807, 2.05) is 0 Å². The minimum atomic E-state index is -0.351. The van der Waals surface area contributed by atoms with Crippen molar-refractivity contribution in [3.8, 4) is 0 Å². The molecule has 1 amide bonds. The van der Waals surface area contributed by atoms with Gasteiger partial charge in [-0.2, -0.15) is 5.10 Å². The second kappa shape index (κ2) is 6.31. The molecular weight excluding hydrogens is 323 g/mol. The number of aromatic nitrogens is 4. The Morgan fingerprint density at radius 2 is 2.12 bits per heavy atom. The van der Waals surface area contributed by atoms with Crippen LogP contribution in [0.5, 0.6) is 0 Å². The third kappa shape index (κ3) is 3.06. The van der Waals surface area contributed by atoms with Gasteiger partial charge < -0.3 is 15.7 Å². The maximum absolute atomic E-state index is 14.4. The van der Waals surface area contributed by atoms with E-state index in [4.69, 9.17) is 5.41 Å². The summed E-state index contributed by atoms with van der Waals surface area (Å²) in [6.07, 6.45) is 6.26. The molecule has 0 unspecified atom stereocenters. The summed E-state index contributed by atoms with van der Waals surface area (Å²) >= 11 is 0. The van der Waals surface area contributed by atoms with Gasteiger partial charge in [-0.05, 0) is 31.6 Å². The van der Waals surface area contributed by atoms with Crippen molar-refractivity contribution in [3.05, 3.63) is 46.8 Å². The molecule has 0 aliphatic rings. The highest BCUT2D eigenvalue weighted by Crippen LogP contribution is 2.28. The van der Waals surface area contributed by atoms with Crippen LogP contribution in [0.3, 0.4) is 0 Å². The molecule has 0 aliphatic carbocycles. The molecule has 0 fully saturated rings. The van der Waals surface area contributed by atoms with Crippen molar-refractivity contribution in [1.29, 1.82) is 5.41 Å². The Hall–Kier alpha value is -3.29. The summed E-state index contributed by atoms with van der Waals surface area (Å²) < 4.78 is 14.4. The fourth-order valence-electron chi connectivity index (χ4n) is 2.72. The van der Waals surface area contributed by atoms with Gasteiger partial charge in [-0.15, -0.1) is 0 Å². The first-order chi connectivity index (χ1) is 11.9. The molecule has 25 heavy (non-hydrogen) atoms. The summed E-state index contributed by atoms with van der Waals surface area (Å²) in [5.41, 5.74) is 2.09. The van der Waals surface area contributed by atoms with Gasteiger partial charge in [0.25, 0.3) is 0 Å². The summed E-state index contributed by atoms with van der Waals surface area (Å²) in [7, 11) is 0. The minimum absolute atomic E-state index is 0.139. The summed E-state index contributed by atoms with van der Waals surface area (Å²) in [5.74, 6) is 0.300. The van der Waals surface area contributed by atoms with Gasteiger partial charge in [-0.25, -0.2) is 9.37 Å². The number of hydrogen-bond acceptors (Lipinski definition) is 4. The van der Waals surface area contributed by atoms with Crippen LogP contribution in [-0.2, 0) is 4.79 Å². The van der Waals surface area contributed by atoms with Crippen molar-refractivity contribution in [2.45, 2.75) is 20.8 Å². The number of aryl methyl sites for hydroxylation is 1. The van der Waals surface area contributed by atoms with E-state index in [0.29, 0.717) is 39.2 Å². The van der Waals surface area contributed by atoms with Crippen LogP contribution in [0.1, 0.15) is 29.4 Å². The molecule has 8 heteroatoms. The number of nitrogens with zero attached hydrogens (tertiary/aromatic N) is 2. The first-order valence-electron chi connectivity index (χ1n) is 7.60. The van der Waals surface area contributed by atoms with Crippen molar-refractivity contribution >= 4 is 34.4 Å². The third-order valence-electron chi connectivity index (χ3n) is 3.90. The van der Waals surface area contributed by atoms with Crippen LogP contribution in [0.15, 0.2) is 18.5 Å². The zero-order chi connectivity index (χ0) is 18.1. The molecule has 7 nitrogen and oxygen atoms in total. The molecule has 0 saturated carbocycles. The largest absolute Gasteiger partial charge is 0.343 e. The number of nitrogens with one attached hydrogen (secondary N) is 4. The van der Waals surface area contributed by atoms with E-state index < -0.39 is 0 Å². The molecule has 0 bridgehead atoms. The number of H-pyrrole nitrogens is 2. The lowest BCUT2D eigenvalue weighted by Crippen LogP contribution is -2.05. The molecule has 1 aromatic carbocycles. The lowest BCUT2D eigenvalue weighted by molar-refractivity contribution is -0.114. The molecule has 0 saturated heterocycles. The smallest absolute Gasteiger partial charge is 0.222 e. The second-order valence-electron chi connectivity index (χ2n) is 5.70. The standard InChI is InChI=1S/C17H17FN6O/c1-8-15(11-6-21-24-17(11)9(2)16(8)18)12(19)4-5-13-20-7-14(23-13)22-10(3)25/h4-7,19H,1-3H3,(H,20,23)(H,21,24)(H,22,25)/b5-4-,19-12?. The Labute approximate surface area is 142 Å². The van der Waals surface area contributed by atoms with Crippen LogP contribution in [0, 0.1) is 25.1 Å². The van der Waals surface area contributed by atoms with E-state index in [1.165, 1.54) is 13.0 Å².